The van der Waals surface area contributed by atoms with Crippen LogP contribution in [0.25, 0.3) is 0 Å². The summed E-state index contributed by atoms with van der Waals surface area (Å²) in [7, 11) is 0. The van der Waals surface area contributed by atoms with E-state index >= 15 is 0 Å². The summed E-state index contributed by atoms with van der Waals surface area (Å²) in [4.78, 5) is 2.41. The zero-order valence-electron chi connectivity index (χ0n) is 16.0. The number of azo groups is 2. The van der Waals surface area contributed by atoms with Crippen LogP contribution < -0.4 is 4.90 Å². The van der Waals surface area contributed by atoms with Gasteiger partial charge in [-0.3, -0.25) is 0 Å². The molecule has 0 bridgehead atoms. The van der Waals surface area contributed by atoms with Gasteiger partial charge in [0.2, 0.25) is 0 Å². The maximum Gasteiger partial charge on any atom is 0.0858 e. The van der Waals surface area contributed by atoms with Gasteiger partial charge in [0, 0.05) is 18.8 Å². The molecule has 0 amide bonds. The summed E-state index contributed by atoms with van der Waals surface area (Å²) in [5.74, 6) is 0. The number of benzene rings is 3. The molecular weight excluding hydrogens is 346 g/mol. The molecule has 1 saturated heterocycles. The Hall–Kier alpha value is -3.34. The number of hydrogen-bond acceptors (Lipinski definition) is 5. The van der Waals surface area contributed by atoms with Crippen molar-refractivity contribution in [2.75, 3.05) is 18.0 Å². The Morgan fingerprint density at radius 3 is 1.32 bits per heavy atom. The summed E-state index contributed by atoms with van der Waals surface area (Å²) in [5.41, 5.74) is 5.74. The second-order valence-corrected chi connectivity index (χ2v) is 6.96. The minimum absolute atomic E-state index is 0.787. The van der Waals surface area contributed by atoms with Gasteiger partial charge in [0.05, 0.1) is 22.7 Å². The third kappa shape index (κ3) is 4.68. The average molecular weight is 369 g/mol. The van der Waals surface area contributed by atoms with Crippen LogP contribution in [0.15, 0.2) is 93.3 Å². The van der Waals surface area contributed by atoms with Gasteiger partial charge in [-0.1, -0.05) is 17.7 Å². The zero-order valence-corrected chi connectivity index (χ0v) is 16.0. The van der Waals surface area contributed by atoms with Gasteiger partial charge in [0.25, 0.3) is 0 Å². The SMILES string of the molecule is Cc1ccc(/N=N/c2ccc(/N=N/c3ccc(N4CCCC4)cc3)cc2)cc1. The van der Waals surface area contributed by atoms with Gasteiger partial charge in [-0.25, -0.2) is 0 Å². The Labute approximate surface area is 165 Å². The van der Waals surface area contributed by atoms with E-state index in [0.717, 1.165) is 35.8 Å². The van der Waals surface area contributed by atoms with E-state index < -0.39 is 0 Å². The standard InChI is InChI=1S/C23H23N5/c1-18-4-6-19(7-5-18)24-25-20-8-10-21(11-9-20)26-27-22-12-14-23(15-13-22)28-16-2-3-17-28/h4-15H,2-3,16-17H2,1H3/b25-24+,27-26+. The molecule has 1 fully saturated rings. The summed E-state index contributed by atoms with van der Waals surface area (Å²) in [5, 5.41) is 17.1. The first-order valence-electron chi connectivity index (χ1n) is 9.61. The van der Waals surface area contributed by atoms with E-state index in [0.29, 0.717) is 0 Å². The molecule has 1 aliphatic rings. The topological polar surface area (TPSA) is 52.7 Å². The molecule has 28 heavy (non-hydrogen) atoms. The lowest BCUT2D eigenvalue weighted by Crippen LogP contribution is -2.17. The van der Waals surface area contributed by atoms with Crippen LogP contribution in [0.2, 0.25) is 0 Å². The van der Waals surface area contributed by atoms with Gasteiger partial charge < -0.3 is 4.90 Å². The summed E-state index contributed by atoms with van der Waals surface area (Å²) in [6.07, 6.45) is 2.56. The number of nitrogens with zero attached hydrogens (tertiary/aromatic N) is 5. The van der Waals surface area contributed by atoms with E-state index in [4.69, 9.17) is 0 Å². The molecule has 1 heterocycles. The minimum atomic E-state index is 0.787. The fraction of sp³-hybridized carbons (Fsp3) is 0.217. The van der Waals surface area contributed by atoms with Crippen LogP contribution in [0.1, 0.15) is 18.4 Å². The van der Waals surface area contributed by atoms with Gasteiger partial charge in [0.15, 0.2) is 0 Å². The van der Waals surface area contributed by atoms with E-state index in [-0.39, 0.29) is 0 Å². The predicted octanol–water partition coefficient (Wildman–Crippen LogP) is 7.43. The Kier molecular flexibility index (Phi) is 5.52. The molecule has 5 nitrogen and oxygen atoms in total. The van der Waals surface area contributed by atoms with E-state index in [1.165, 1.54) is 24.1 Å². The fourth-order valence-electron chi connectivity index (χ4n) is 3.13. The van der Waals surface area contributed by atoms with Crippen LogP contribution in [0, 0.1) is 6.92 Å². The zero-order chi connectivity index (χ0) is 19.2. The predicted molar refractivity (Wildman–Crippen MR) is 114 cm³/mol. The number of hydrogen-bond donors (Lipinski definition) is 0. The highest BCUT2D eigenvalue weighted by Gasteiger charge is 2.11. The molecular formula is C23H23N5. The lowest BCUT2D eigenvalue weighted by molar-refractivity contribution is 0.949. The molecule has 0 atom stereocenters. The van der Waals surface area contributed by atoms with E-state index in [1.54, 1.807) is 0 Å². The number of aryl methyl sites for hydroxylation is 1. The van der Waals surface area contributed by atoms with Crippen molar-refractivity contribution in [2.24, 2.45) is 20.5 Å². The molecule has 1 aliphatic heterocycles. The van der Waals surface area contributed by atoms with Gasteiger partial charge in [-0.05, 0) is 80.4 Å². The Morgan fingerprint density at radius 2 is 0.893 bits per heavy atom. The smallest absolute Gasteiger partial charge is 0.0858 e. The van der Waals surface area contributed by atoms with E-state index in [9.17, 15) is 0 Å². The first-order valence-corrected chi connectivity index (χ1v) is 9.61. The average Bonchev–Trinajstić information content (AvgIpc) is 3.28. The molecule has 0 aliphatic carbocycles. The lowest BCUT2D eigenvalue weighted by Gasteiger charge is -2.17. The van der Waals surface area contributed by atoms with Crippen molar-refractivity contribution in [3.8, 4) is 0 Å². The van der Waals surface area contributed by atoms with Gasteiger partial charge in [-0.15, -0.1) is 0 Å². The maximum absolute atomic E-state index is 4.33. The summed E-state index contributed by atoms with van der Waals surface area (Å²) in [6.45, 7) is 4.35. The Bertz CT molecular complexity index is 951. The highest BCUT2D eigenvalue weighted by atomic mass is 15.1. The first-order chi connectivity index (χ1) is 13.8. The van der Waals surface area contributed by atoms with Gasteiger partial charge >= 0.3 is 0 Å². The van der Waals surface area contributed by atoms with Crippen LogP contribution in [-0.4, -0.2) is 13.1 Å². The lowest BCUT2D eigenvalue weighted by atomic mass is 10.2. The highest BCUT2D eigenvalue weighted by molar-refractivity contribution is 5.53. The third-order valence-electron chi connectivity index (χ3n) is 4.77. The first kappa shape index (κ1) is 18.0. The van der Waals surface area contributed by atoms with Crippen LogP contribution in [0.4, 0.5) is 28.4 Å². The van der Waals surface area contributed by atoms with E-state index in [1.807, 2.05) is 60.7 Å². The number of anilines is 1. The monoisotopic (exact) mass is 369 g/mol. The van der Waals surface area contributed by atoms with Crippen molar-refractivity contribution in [1.29, 1.82) is 0 Å². The summed E-state index contributed by atoms with van der Waals surface area (Å²) in [6, 6.07) is 23.8. The maximum atomic E-state index is 4.33. The molecule has 3 aromatic carbocycles. The molecule has 0 unspecified atom stereocenters. The Balaban J connectivity index is 1.37. The molecule has 0 saturated carbocycles. The van der Waals surface area contributed by atoms with Crippen LogP contribution in [0.3, 0.4) is 0 Å². The van der Waals surface area contributed by atoms with Crippen molar-refractivity contribution in [3.05, 3.63) is 78.4 Å². The van der Waals surface area contributed by atoms with Gasteiger partial charge in [0.1, 0.15) is 0 Å². The van der Waals surface area contributed by atoms with Crippen molar-refractivity contribution >= 4 is 28.4 Å². The van der Waals surface area contributed by atoms with Crippen LogP contribution >= 0.6 is 0 Å². The third-order valence-corrected chi connectivity index (χ3v) is 4.77. The molecule has 140 valence electrons. The second-order valence-electron chi connectivity index (χ2n) is 6.96. The van der Waals surface area contributed by atoms with Crippen molar-refractivity contribution in [3.63, 3.8) is 0 Å². The highest BCUT2D eigenvalue weighted by Crippen LogP contribution is 2.26. The minimum Gasteiger partial charge on any atom is -0.372 e. The second kappa shape index (κ2) is 8.57. The summed E-state index contributed by atoms with van der Waals surface area (Å²) >= 11 is 0. The molecule has 4 rings (SSSR count). The summed E-state index contributed by atoms with van der Waals surface area (Å²) < 4.78 is 0. The molecule has 5 heteroatoms. The molecule has 0 spiro atoms. The molecule has 3 aromatic rings. The van der Waals surface area contributed by atoms with Crippen molar-refractivity contribution < 1.29 is 0 Å². The quantitative estimate of drug-likeness (QED) is 0.431. The fourth-order valence-corrected chi connectivity index (χ4v) is 3.13. The number of rotatable bonds is 5. The molecule has 0 radical (unpaired) electrons. The van der Waals surface area contributed by atoms with Crippen LogP contribution in [-0.2, 0) is 0 Å². The Morgan fingerprint density at radius 1 is 0.536 bits per heavy atom. The van der Waals surface area contributed by atoms with Gasteiger partial charge in [-0.2, -0.15) is 20.5 Å². The van der Waals surface area contributed by atoms with Crippen molar-refractivity contribution in [2.45, 2.75) is 19.8 Å². The molecule has 0 N–H and O–H groups in total. The van der Waals surface area contributed by atoms with E-state index in [2.05, 4.69) is 44.4 Å². The largest absolute Gasteiger partial charge is 0.372 e. The van der Waals surface area contributed by atoms with Crippen molar-refractivity contribution in [1.82, 2.24) is 0 Å². The normalized spacial score (nSPS) is 14.4. The van der Waals surface area contributed by atoms with Crippen LogP contribution in [0.5, 0.6) is 0 Å². The molecule has 0 aromatic heterocycles.